The molecule has 0 saturated heterocycles. The van der Waals surface area contributed by atoms with Gasteiger partial charge in [-0.15, -0.1) is 0 Å². The predicted octanol–water partition coefficient (Wildman–Crippen LogP) is 1.76. The molecule has 0 unspecified atom stereocenters. The number of rotatable bonds is 1. The van der Waals surface area contributed by atoms with E-state index in [0.29, 0.717) is 24.8 Å². The quantitative estimate of drug-likeness (QED) is 0.670. The number of fused-ring (bicyclic) bond motifs is 1. The first-order valence-electron chi connectivity index (χ1n) is 4.53. The van der Waals surface area contributed by atoms with E-state index < -0.39 is 11.5 Å². The van der Waals surface area contributed by atoms with Crippen LogP contribution in [0, 0.1) is 5.95 Å². The van der Waals surface area contributed by atoms with Crippen LogP contribution >= 0.6 is 0 Å². The molecule has 1 heterocycles. The van der Waals surface area contributed by atoms with Crippen LogP contribution in [-0.4, -0.2) is 10.1 Å². The normalized spacial score (nSPS) is 26.1. The van der Waals surface area contributed by atoms with Gasteiger partial charge in [-0.1, -0.05) is 6.92 Å². The van der Waals surface area contributed by atoms with Gasteiger partial charge in [-0.3, -0.25) is 0 Å². The molecule has 0 radical (unpaired) electrons. The Balaban J connectivity index is 2.55. The van der Waals surface area contributed by atoms with E-state index in [2.05, 4.69) is 4.98 Å². The fraction of sp³-hybridized carbons (Fsp3) is 0.500. The molecule has 1 atom stereocenters. The lowest BCUT2D eigenvalue weighted by Crippen LogP contribution is -2.20. The first-order chi connectivity index (χ1) is 6.17. The summed E-state index contributed by atoms with van der Waals surface area (Å²) >= 11 is 0. The van der Waals surface area contributed by atoms with Crippen molar-refractivity contribution in [1.29, 1.82) is 0 Å². The molecule has 1 aliphatic carbocycles. The molecule has 70 valence electrons. The van der Waals surface area contributed by atoms with Crippen LogP contribution in [0.1, 0.15) is 30.9 Å². The van der Waals surface area contributed by atoms with E-state index in [1.54, 1.807) is 6.07 Å². The highest BCUT2D eigenvalue weighted by atomic mass is 19.1. The second-order valence-electron chi connectivity index (χ2n) is 3.51. The van der Waals surface area contributed by atoms with E-state index in [0.717, 1.165) is 5.56 Å². The summed E-state index contributed by atoms with van der Waals surface area (Å²) in [7, 11) is 0. The lowest BCUT2D eigenvalue weighted by molar-refractivity contribution is 0.0345. The van der Waals surface area contributed by atoms with Gasteiger partial charge in [0.15, 0.2) is 0 Å². The van der Waals surface area contributed by atoms with E-state index in [4.69, 9.17) is 0 Å². The molecule has 0 amide bonds. The minimum atomic E-state index is -0.820. The molecule has 0 saturated carbocycles. The maximum Gasteiger partial charge on any atom is 0.216 e. The molecule has 1 aliphatic rings. The van der Waals surface area contributed by atoms with Crippen molar-refractivity contribution in [2.75, 3.05) is 0 Å². The molecular weight excluding hydrogens is 169 g/mol. The molecule has 0 fully saturated rings. The lowest BCUT2D eigenvalue weighted by Gasteiger charge is -2.21. The third-order valence-corrected chi connectivity index (χ3v) is 2.88. The van der Waals surface area contributed by atoms with Crippen molar-refractivity contribution < 1.29 is 9.50 Å². The monoisotopic (exact) mass is 181 g/mol. The smallest absolute Gasteiger partial charge is 0.216 e. The summed E-state index contributed by atoms with van der Waals surface area (Å²) in [5.74, 6) is -0.429. The second-order valence-corrected chi connectivity index (χ2v) is 3.51. The summed E-state index contributed by atoms with van der Waals surface area (Å²) < 4.78 is 13.1. The molecule has 0 spiro atoms. The Labute approximate surface area is 76.4 Å². The molecule has 2 rings (SSSR count). The van der Waals surface area contributed by atoms with Crippen molar-refractivity contribution >= 4 is 0 Å². The number of hydrogen-bond acceptors (Lipinski definition) is 2. The summed E-state index contributed by atoms with van der Waals surface area (Å²) in [5.41, 5.74) is 0.494. The highest BCUT2D eigenvalue weighted by Crippen LogP contribution is 2.39. The number of nitrogens with zero attached hydrogens (tertiary/aromatic N) is 1. The largest absolute Gasteiger partial charge is 0.385 e. The molecule has 1 aromatic heterocycles. The fourth-order valence-electron chi connectivity index (χ4n) is 1.97. The van der Waals surface area contributed by atoms with Crippen LogP contribution in [-0.2, 0) is 12.0 Å². The zero-order valence-corrected chi connectivity index (χ0v) is 7.55. The third kappa shape index (κ3) is 1.15. The molecule has 0 bridgehead atoms. The van der Waals surface area contributed by atoms with E-state index in [1.165, 1.54) is 6.20 Å². The van der Waals surface area contributed by atoms with Gasteiger partial charge in [0.1, 0.15) is 0 Å². The molecule has 0 aliphatic heterocycles. The average Bonchev–Trinajstić information content (AvgIpc) is 2.47. The first-order valence-corrected chi connectivity index (χ1v) is 4.53. The van der Waals surface area contributed by atoms with Crippen molar-refractivity contribution in [3.63, 3.8) is 0 Å². The van der Waals surface area contributed by atoms with Crippen molar-refractivity contribution in [2.45, 2.75) is 31.8 Å². The van der Waals surface area contributed by atoms with Gasteiger partial charge >= 0.3 is 0 Å². The summed E-state index contributed by atoms with van der Waals surface area (Å²) in [6.45, 7) is 1.91. The standard InChI is InChI=1S/C10H12FNO/c1-2-10(13)5-3-7-8(10)4-6-12-9(7)11/h4,6,13H,2-3,5H2,1H3/t10-/m0/s1. The molecule has 13 heavy (non-hydrogen) atoms. The fourth-order valence-corrected chi connectivity index (χ4v) is 1.97. The van der Waals surface area contributed by atoms with Gasteiger partial charge in [0.25, 0.3) is 0 Å². The van der Waals surface area contributed by atoms with Gasteiger partial charge in [-0.05, 0) is 30.9 Å². The van der Waals surface area contributed by atoms with Gasteiger partial charge in [0.2, 0.25) is 5.95 Å². The Bertz CT molecular complexity index is 340. The SMILES string of the molecule is CC[C@]1(O)CCc2c1ccnc2F. The number of halogens is 1. The summed E-state index contributed by atoms with van der Waals surface area (Å²) in [6.07, 6.45) is 3.25. The number of aromatic nitrogens is 1. The molecule has 1 N–H and O–H groups in total. The van der Waals surface area contributed by atoms with Crippen LogP contribution < -0.4 is 0 Å². The van der Waals surface area contributed by atoms with Crippen molar-refractivity contribution in [1.82, 2.24) is 4.98 Å². The maximum atomic E-state index is 13.1. The molecular formula is C10H12FNO. The summed E-state index contributed by atoms with van der Waals surface area (Å²) in [5, 5.41) is 10.1. The zero-order chi connectivity index (χ0) is 9.47. The van der Waals surface area contributed by atoms with Crippen molar-refractivity contribution in [3.05, 3.63) is 29.3 Å². The molecule has 3 heteroatoms. The number of aliphatic hydroxyl groups is 1. The predicted molar refractivity (Wildman–Crippen MR) is 46.7 cm³/mol. The number of hydrogen-bond donors (Lipinski definition) is 1. The van der Waals surface area contributed by atoms with Gasteiger partial charge in [-0.2, -0.15) is 4.39 Å². The summed E-state index contributed by atoms with van der Waals surface area (Å²) in [4.78, 5) is 3.57. The second kappa shape index (κ2) is 2.77. The third-order valence-electron chi connectivity index (χ3n) is 2.88. The van der Waals surface area contributed by atoms with E-state index in [9.17, 15) is 9.50 Å². The van der Waals surface area contributed by atoms with Crippen LogP contribution in [0.5, 0.6) is 0 Å². The molecule has 2 nitrogen and oxygen atoms in total. The van der Waals surface area contributed by atoms with Crippen molar-refractivity contribution in [3.8, 4) is 0 Å². The Kier molecular flexibility index (Phi) is 1.84. The van der Waals surface area contributed by atoms with E-state index >= 15 is 0 Å². The molecule has 0 aromatic carbocycles. The van der Waals surface area contributed by atoms with Crippen LogP contribution in [0.2, 0.25) is 0 Å². The topological polar surface area (TPSA) is 33.1 Å². The zero-order valence-electron chi connectivity index (χ0n) is 7.55. The van der Waals surface area contributed by atoms with Crippen LogP contribution in [0.25, 0.3) is 0 Å². The van der Waals surface area contributed by atoms with Crippen LogP contribution in [0.3, 0.4) is 0 Å². The van der Waals surface area contributed by atoms with Gasteiger partial charge in [0.05, 0.1) is 5.60 Å². The Morgan fingerprint density at radius 2 is 2.46 bits per heavy atom. The van der Waals surface area contributed by atoms with Crippen molar-refractivity contribution in [2.24, 2.45) is 0 Å². The lowest BCUT2D eigenvalue weighted by atomic mass is 9.94. The van der Waals surface area contributed by atoms with Gasteiger partial charge in [-0.25, -0.2) is 4.98 Å². The Hall–Kier alpha value is -0.960. The summed E-state index contributed by atoms with van der Waals surface area (Å²) in [6, 6.07) is 1.72. The Morgan fingerprint density at radius 1 is 1.69 bits per heavy atom. The van der Waals surface area contributed by atoms with E-state index in [-0.39, 0.29) is 0 Å². The average molecular weight is 181 g/mol. The number of pyridine rings is 1. The van der Waals surface area contributed by atoms with Gasteiger partial charge < -0.3 is 5.11 Å². The minimum Gasteiger partial charge on any atom is -0.385 e. The van der Waals surface area contributed by atoms with Crippen LogP contribution in [0.15, 0.2) is 12.3 Å². The first kappa shape index (κ1) is 8.63. The van der Waals surface area contributed by atoms with Crippen LogP contribution in [0.4, 0.5) is 4.39 Å². The maximum absolute atomic E-state index is 13.1. The van der Waals surface area contributed by atoms with Gasteiger partial charge in [0, 0.05) is 11.8 Å². The Morgan fingerprint density at radius 3 is 3.15 bits per heavy atom. The molecule has 1 aromatic rings. The highest BCUT2D eigenvalue weighted by molar-refractivity contribution is 5.35. The minimum absolute atomic E-state index is 0.429. The van der Waals surface area contributed by atoms with E-state index in [1.807, 2.05) is 6.92 Å². The highest BCUT2D eigenvalue weighted by Gasteiger charge is 2.36.